The molecule has 41 heavy (non-hydrogen) atoms. The summed E-state index contributed by atoms with van der Waals surface area (Å²) in [4.78, 5) is 15.3. The highest BCUT2D eigenvalue weighted by atomic mass is 32.2. The van der Waals surface area contributed by atoms with Crippen LogP contribution in [0.5, 0.6) is 5.75 Å². The van der Waals surface area contributed by atoms with Gasteiger partial charge in [0.25, 0.3) is 0 Å². The normalized spacial score (nSPS) is 14.4. The molecule has 1 aliphatic rings. The highest BCUT2D eigenvalue weighted by molar-refractivity contribution is 7.89. The van der Waals surface area contributed by atoms with Gasteiger partial charge in [0.2, 0.25) is 15.9 Å². The number of aliphatic hydroxyl groups excluding tert-OH is 1. The summed E-state index contributed by atoms with van der Waals surface area (Å²) in [5.74, 6) is -0.377. The van der Waals surface area contributed by atoms with Crippen LogP contribution in [-0.4, -0.2) is 47.0 Å². The van der Waals surface area contributed by atoms with E-state index in [0.29, 0.717) is 11.6 Å². The molecule has 218 valence electrons. The number of aryl methyl sites for hydroxylation is 1. The lowest BCUT2D eigenvalue weighted by molar-refractivity contribution is -0.118. The van der Waals surface area contributed by atoms with Crippen molar-refractivity contribution in [3.63, 3.8) is 0 Å². The molecule has 0 spiro atoms. The number of hydrogen-bond acceptors (Lipinski definition) is 6. The van der Waals surface area contributed by atoms with E-state index in [0.717, 1.165) is 15.4 Å². The number of benzene rings is 3. The van der Waals surface area contributed by atoms with Gasteiger partial charge in [0.1, 0.15) is 5.75 Å². The van der Waals surface area contributed by atoms with E-state index in [1.807, 2.05) is 19.1 Å². The van der Waals surface area contributed by atoms with Gasteiger partial charge in [-0.15, -0.1) is 6.58 Å². The Kier molecular flexibility index (Phi) is 9.99. The fourth-order valence-electron chi connectivity index (χ4n) is 5.24. The molecule has 1 saturated carbocycles. The third kappa shape index (κ3) is 7.42. The zero-order chi connectivity index (χ0) is 29.6. The van der Waals surface area contributed by atoms with Crippen molar-refractivity contribution in [3.8, 4) is 5.75 Å². The molecule has 0 aromatic heterocycles. The number of amides is 1. The van der Waals surface area contributed by atoms with Gasteiger partial charge in [-0.25, -0.2) is 8.42 Å². The van der Waals surface area contributed by atoms with Gasteiger partial charge in [-0.3, -0.25) is 4.79 Å². The average Bonchev–Trinajstić information content (AvgIpc) is 2.96. The van der Waals surface area contributed by atoms with Gasteiger partial charge in [0, 0.05) is 23.9 Å². The third-order valence-corrected chi connectivity index (χ3v) is 9.43. The standard InChI is InChI=1S/C32H38N2O6S/c1-3-19-33(41(39,40)28-16-9-23(2)10-17-28)22-31(36)34(27-15-18-29(32(37)38)30(35)20-27)21-24-11-13-26(14-12-24)25-7-5-4-6-8-25/h3,9-18,20,25,32,35,37-38H,1,4-8,19,21-22H2,2H3. The zero-order valence-electron chi connectivity index (χ0n) is 23.3. The average molecular weight is 579 g/mol. The van der Waals surface area contributed by atoms with Crippen LogP contribution in [0.25, 0.3) is 0 Å². The molecule has 9 heteroatoms. The van der Waals surface area contributed by atoms with Gasteiger partial charge in [-0.2, -0.15) is 4.31 Å². The van der Waals surface area contributed by atoms with Crippen molar-refractivity contribution in [2.24, 2.45) is 0 Å². The predicted molar refractivity (Wildman–Crippen MR) is 159 cm³/mol. The van der Waals surface area contributed by atoms with Crippen LogP contribution in [0.3, 0.4) is 0 Å². The number of hydrogen-bond donors (Lipinski definition) is 3. The van der Waals surface area contributed by atoms with Gasteiger partial charge in [-0.05, 0) is 61.1 Å². The Labute approximate surface area is 242 Å². The lowest BCUT2D eigenvalue weighted by atomic mass is 9.84. The van der Waals surface area contributed by atoms with Gasteiger partial charge in [0.15, 0.2) is 6.29 Å². The Morgan fingerprint density at radius 1 is 1.00 bits per heavy atom. The van der Waals surface area contributed by atoms with E-state index in [9.17, 15) is 28.5 Å². The first kappa shape index (κ1) is 30.5. The van der Waals surface area contributed by atoms with Gasteiger partial charge in [-0.1, -0.05) is 67.3 Å². The maximum absolute atomic E-state index is 13.8. The number of phenols is 1. The van der Waals surface area contributed by atoms with Crippen molar-refractivity contribution in [3.05, 3.63) is 102 Å². The number of phenolic OH excluding ortho intramolecular Hbond substituents is 1. The Balaban J connectivity index is 1.64. The summed E-state index contributed by atoms with van der Waals surface area (Å²) in [6.45, 7) is 5.11. The van der Waals surface area contributed by atoms with Crippen molar-refractivity contribution in [1.82, 2.24) is 4.31 Å². The summed E-state index contributed by atoms with van der Waals surface area (Å²) in [6, 6.07) is 18.6. The van der Waals surface area contributed by atoms with Crippen molar-refractivity contribution < 1.29 is 28.5 Å². The second kappa shape index (κ2) is 13.4. The minimum Gasteiger partial charge on any atom is -0.507 e. The topological polar surface area (TPSA) is 118 Å². The SMILES string of the molecule is C=CCN(CC(=O)N(Cc1ccc(C2CCCCC2)cc1)c1ccc(C(O)O)c(O)c1)S(=O)(=O)c1ccc(C)cc1. The Morgan fingerprint density at radius 3 is 2.24 bits per heavy atom. The molecule has 1 aliphatic carbocycles. The lowest BCUT2D eigenvalue weighted by Crippen LogP contribution is -2.43. The number of nitrogens with zero attached hydrogens (tertiary/aromatic N) is 2. The molecule has 8 nitrogen and oxygen atoms in total. The molecule has 3 aromatic carbocycles. The van der Waals surface area contributed by atoms with Crippen molar-refractivity contribution >= 4 is 21.6 Å². The van der Waals surface area contributed by atoms with Crippen LogP contribution in [-0.2, 0) is 21.4 Å². The molecule has 0 unspecified atom stereocenters. The Hall–Kier alpha value is -3.50. The fraction of sp³-hybridized carbons (Fsp3) is 0.344. The number of carbonyl (C=O) groups is 1. The van der Waals surface area contributed by atoms with Gasteiger partial charge < -0.3 is 20.2 Å². The van der Waals surface area contributed by atoms with E-state index in [1.165, 1.54) is 79.0 Å². The van der Waals surface area contributed by atoms with E-state index < -0.39 is 34.5 Å². The van der Waals surface area contributed by atoms with Crippen LogP contribution < -0.4 is 4.90 Å². The van der Waals surface area contributed by atoms with Crippen LogP contribution in [0.4, 0.5) is 5.69 Å². The van der Waals surface area contributed by atoms with E-state index in [1.54, 1.807) is 12.1 Å². The Bertz CT molecular complexity index is 1450. The second-order valence-electron chi connectivity index (χ2n) is 10.6. The van der Waals surface area contributed by atoms with E-state index in [2.05, 4.69) is 18.7 Å². The van der Waals surface area contributed by atoms with Gasteiger partial charge in [0.05, 0.1) is 18.0 Å². The van der Waals surface area contributed by atoms with Crippen LogP contribution in [0.15, 0.2) is 84.3 Å². The summed E-state index contributed by atoms with van der Waals surface area (Å²) in [6.07, 6.45) is 5.60. The van der Waals surface area contributed by atoms with Crippen molar-refractivity contribution in [2.45, 2.75) is 62.7 Å². The van der Waals surface area contributed by atoms with Crippen LogP contribution in [0, 0.1) is 6.92 Å². The first-order valence-corrected chi connectivity index (χ1v) is 15.3. The zero-order valence-corrected chi connectivity index (χ0v) is 24.1. The van der Waals surface area contributed by atoms with Gasteiger partial charge >= 0.3 is 0 Å². The quantitative estimate of drug-likeness (QED) is 0.214. The van der Waals surface area contributed by atoms with Crippen molar-refractivity contribution in [2.75, 3.05) is 18.0 Å². The minimum atomic E-state index is -4.01. The summed E-state index contributed by atoms with van der Waals surface area (Å²) >= 11 is 0. The highest BCUT2D eigenvalue weighted by Crippen LogP contribution is 2.33. The summed E-state index contributed by atoms with van der Waals surface area (Å²) < 4.78 is 28.0. The number of rotatable bonds is 11. The smallest absolute Gasteiger partial charge is 0.243 e. The first-order valence-electron chi connectivity index (χ1n) is 13.9. The largest absolute Gasteiger partial charge is 0.507 e. The monoisotopic (exact) mass is 578 g/mol. The molecule has 0 atom stereocenters. The summed E-state index contributed by atoms with van der Waals surface area (Å²) in [5.41, 5.74) is 3.20. The van der Waals surface area contributed by atoms with E-state index in [4.69, 9.17) is 0 Å². The maximum atomic E-state index is 13.8. The predicted octanol–water partition coefficient (Wildman–Crippen LogP) is 5.14. The molecule has 0 bridgehead atoms. The summed E-state index contributed by atoms with van der Waals surface area (Å²) in [7, 11) is -4.01. The molecule has 0 saturated heterocycles. The fourth-order valence-corrected chi connectivity index (χ4v) is 6.60. The molecule has 1 amide bonds. The molecule has 0 radical (unpaired) electrons. The lowest BCUT2D eigenvalue weighted by Gasteiger charge is -2.28. The molecule has 1 fully saturated rings. The number of aromatic hydroxyl groups is 1. The molecule has 0 heterocycles. The van der Waals surface area contributed by atoms with Crippen LogP contribution in [0.2, 0.25) is 0 Å². The molecular weight excluding hydrogens is 540 g/mol. The number of anilines is 1. The number of carbonyl (C=O) groups excluding carboxylic acids is 1. The number of aliphatic hydroxyl groups is 2. The van der Waals surface area contributed by atoms with Crippen LogP contribution in [0.1, 0.15) is 66.6 Å². The summed E-state index contributed by atoms with van der Waals surface area (Å²) in [5, 5.41) is 29.5. The molecule has 3 aromatic rings. The molecular formula is C32H38N2O6S. The number of sulfonamides is 1. The second-order valence-corrected chi connectivity index (χ2v) is 12.5. The minimum absolute atomic E-state index is 0.0709. The third-order valence-electron chi connectivity index (χ3n) is 7.61. The Morgan fingerprint density at radius 2 is 1.66 bits per heavy atom. The molecule has 3 N–H and O–H groups in total. The molecule has 0 aliphatic heterocycles. The maximum Gasteiger partial charge on any atom is 0.243 e. The first-order chi connectivity index (χ1) is 19.6. The van der Waals surface area contributed by atoms with E-state index in [-0.39, 0.29) is 23.5 Å². The highest BCUT2D eigenvalue weighted by Gasteiger charge is 2.29. The molecule has 4 rings (SSSR count). The van der Waals surface area contributed by atoms with Crippen LogP contribution >= 0.6 is 0 Å². The van der Waals surface area contributed by atoms with Crippen molar-refractivity contribution in [1.29, 1.82) is 0 Å². The van der Waals surface area contributed by atoms with E-state index >= 15 is 0 Å².